The fourth-order valence-electron chi connectivity index (χ4n) is 8.15. The number of nitrogens with zero attached hydrogens (tertiary/aromatic N) is 3. The first-order valence-corrected chi connectivity index (χ1v) is 19.1. The van der Waals surface area contributed by atoms with Crippen LogP contribution < -0.4 is 22.1 Å². The highest BCUT2D eigenvalue weighted by Crippen LogP contribution is 2.42. The van der Waals surface area contributed by atoms with E-state index in [0.717, 1.165) is 11.1 Å². The van der Waals surface area contributed by atoms with Gasteiger partial charge in [-0.05, 0) is 72.6 Å². The third kappa shape index (κ3) is 8.77. The van der Waals surface area contributed by atoms with Crippen LogP contribution in [0, 0.1) is 10.8 Å². The van der Waals surface area contributed by atoms with Crippen molar-refractivity contribution >= 4 is 35.8 Å². The van der Waals surface area contributed by atoms with Crippen LogP contribution in [0.4, 0.5) is 9.59 Å². The molecule has 4 atom stereocenters. The quantitative estimate of drug-likeness (QED) is 0.172. The standard InChI is InChI=1S/C41H59N7O8/c1-25(2)46(23-26-11-15-28(16-12-26)40(34(42)51)19-9-21-47(40)32(49)30(38(3,4)5)44-36(53)54)24-27-13-17-29(18-14-27)41(35(43)52)20-10-22-48(41)33(50)31(39(6,7)8)45-37(55)56/h11-18,25,30-31,44-45H,9-10,19-24H2,1-8H3,(H2,42,51)(H2,43,52)(H,53,54)(H,55,56)/t30-,31-,40+,41+/m1/s1. The minimum absolute atomic E-state index is 0.112. The third-order valence-electron chi connectivity index (χ3n) is 11.2. The molecule has 0 spiro atoms. The van der Waals surface area contributed by atoms with E-state index in [0.29, 0.717) is 49.9 Å². The highest BCUT2D eigenvalue weighted by molar-refractivity contribution is 5.96. The summed E-state index contributed by atoms with van der Waals surface area (Å²) in [5, 5.41) is 23.6. The molecule has 2 aromatic rings. The van der Waals surface area contributed by atoms with E-state index < -0.39 is 69.8 Å². The minimum Gasteiger partial charge on any atom is -0.465 e. The van der Waals surface area contributed by atoms with Crippen LogP contribution in [-0.4, -0.2) is 91.9 Å². The molecule has 2 fully saturated rings. The van der Waals surface area contributed by atoms with Crippen LogP contribution >= 0.6 is 0 Å². The molecule has 0 saturated carbocycles. The molecule has 0 bridgehead atoms. The minimum atomic E-state index is -1.43. The van der Waals surface area contributed by atoms with Gasteiger partial charge < -0.3 is 42.1 Å². The first-order valence-electron chi connectivity index (χ1n) is 19.1. The fraction of sp³-hybridized carbons (Fsp3) is 0.561. The van der Waals surface area contributed by atoms with Gasteiger partial charge in [-0.1, -0.05) is 90.1 Å². The van der Waals surface area contributed by atoms with E-state index >= 15 is 0 Å². The Labute approximate surface area is 329 Å². The van der Waals surface area contributed by atoms with Gasteiger partial charge in [0.15, 0.2) is 0 Å². The number of nitrogens with two attached hydrogens (primary N) is 2. The Balaban J connectivity index is 1.57. The predicted octanol–water partition coefficient (Wildman–Crippen LogP) is 4.07. The zero-order valence-corrected chi connectivity index (χ0v) is 33.8. The number of primary amides is 2. The maximum atomic E-state index is 13.9. The molecule has 0 aliphatic carbocycles. The topological polar surface area (TPSA) is 229 Å². The van der Waals surface area contributed by atoms with E-state index in [1.807, 2.05) is 48.5 Å². The lowest BCUT2D eigenvalue weighted by Gasteiger charge is -2.41. The molecule has 4 rings (SSSR count). The van der Waals surface area contributed by atoms with Gasteiger partial charge in [0.2, 0.25) is 23.6 Å². The van der Waals surface area contributed by atoms with Crippen LogP contribution in [0.1, 0.15) is 103 Å². The molecule has 15 nitrogen and oxygen atoms in total. The van der Waals surface area contributed by atoms with Gasteiger partial charge in [-0.15, -0.1) is 0 Å². The van der Waals surface area contributed by atoms with Crippen molar-refractivity contribution in [1.29, 1.82) is 0 Å². The average Bonchev–Trinajstić information content (AvgIpc) is 3.75. The normalized spacial score (nSPS) is 21.2. The maximum Gasteiger partial charge on any atom is 0.405 e. The number of hydrogen-bond donors (Lipinski definition) is 6. The summed E-state index contributed by atoms with van der Waals surface area (Å²) < 4.78 is 0. The predicted molar refractivity (Wildman–Crippen MR) is 210 cm³/mol. The highest BCUT2D eigenvalue weighted by Gasteiger charge is 2.54. The molecule has 2 saturated heterocycles. The van der Waals surface area contributed by atoms with Crippen molar-refractivity contribution in [2.75, 3.05) is 13.1 Å². The Morgan fingerprint density at radius 3 is 1.23 bits per heavy atom. The van der Waals surface area contributed by atoms with E-state index in [9.17, 15) is 39.0 Å². The van der Waals surface area contributed by atoms with Crippen LogP contribution in [0.3, 0.4) is 0 Å². The Morgan fingerprint density at radius 1 is 0.661 bits per heavy atom. The van der Waals surface area contributed by atoms with Gasteiger partial charge in [-0.2, -0.15) is 0 Å². The molecule has 306 valence electrons. The molecule has 2 aliphatic rings. The summed E-state index contributed by atoms with van der Waals surface area (Å²) in [6.45, 7) is 16.3. The van der Waals surface area contributed by atoms with Crippen LogP contribution in [0.25, 0.3) is 0 Å². The van der Waals surface area contributed by atoms with Gasteiger partial charge in [-0.3, -0.25) is 24.1 Å². The molecule has 0 unspecified atom stereocenters. The van der Waals surface area contributed by atoms with Crippen molar-refractivity contribution < 1.29 is 39.0 Å². The first-order chi connectivity index (χ1) is 26.0. The molecule has 8 N–H and O–H groups in total. The summed E-state index contributed by atoms with van der Waals surface area (Å²) in [6, 6.07) is 12.8. The molecule has 56 heavy (non-hydrogen) atoms. The van der Waals surface area contributed by atoms with Crippen molar-refractivity contribution in [2.24, 2.45) is 22.3 Å². The van der Waals surface area contributed by atoms with Gasteiger partial charge >= 0.3 is 12.2 Å². The van der Waals surface area contributed by atoms with Gasteiger partial charge in [0.05, 0.1) is 0 Å². The molecule has 0 aromatic heterocycles. The number of carbonyl (C=O) groups is 6. The Hall–Kier alpha value is -5.18. The number of nitrogens with one attached hydrogen (secondary N) is 2. The lowest BCUT2D eigenvalue weighted by atomic mass is 9.82. The molecule has 0 radical (unpaired) electrons. The maximum absolute atomic E-state index is 13.9. The molecule has 6 amide bonds. The monoisotopic (exact) mass is 777 g/mol. The van der Waals surface area contributed by atoms with Crippen molar-refractivity contribution in [3.63, 3.8) is 0 Å². The number of benzene rings is 2. The lowest BCUT2D eigenvalue weighted by Crippen LogP contribution is -2.61. The van der Waals surface area contributed by atoms with E-state index in [4.69, 9.17) is 11.5 Å². The second-order valence-electron chi connectivity index (χ2n) is 17.5. The molecule has 2 aromatic carbocycles. The molecule has 2 heterocycles. The van der Waals surface area contributed by atoms with E-state index in [1.54, 1.807) is 41.5 Å². The van der Waals surface area contributed by atoms with Gasteiger partial charge in [-0.25, -0.2) is 9.59 Å². The Bertz CT molecular complexity index is 1670. The van der Waals surface area contributed by atoms with Gasteiger partial charge in [0.1, 0.15) is 23.2 Å². The van der Waals surface area contributed by atoms with E-state index in [2.05, 4.69) is 29.4 Å². The average molecular weight is 778 g/mol. The smallest absolute Gasteiger partial charge is 0.405 e. The molecular weight excluding hydrogens is 718 g/mol. The largest absolute Gasteiger partial charge is 0.465 e. The Morgan fingerprint density at radius 2 is 0.982 bits per heavy atom. The second kappa shape index (κ2) is 16.5. The second-order valence-corrected chi connectivity index (χ2v) is 17.5. The van der Waals surface area contributed by atoms with Gasteiger partial charge in [0.25, 0.3) is 0 Å². The summed E-state index contributed by atoms with van der Waals surface area (Å²) in [5.74, 6) is -2.37. The number of likely N-dealkylation sites (tertiary alicyclic amines) is 2. The van der Waals surface area contributed by atoms with E-state index in [-0.39, 0.29) is 19.1 Å². The first kappa shape index (κ1) is 43.5. The molecule has 15 heteroatoms. The lowest BCUT2D eigenvalue weighted by molar-refractivity contribution is -0.147. The fourth-order valence-corrected chi connectivity index (χ4v) is 8.15. The van der Waals surface area contributed by atoms with E-state index in [1.165, 1.54) is 9.80 Å². The van der Waals surface area contributed by atoms with Crippen LogP contribution in [-0.2, 0) is 43.3 Å². The zero-order valence-electron chi connectivity index (χ0n) is 33.8. The van der Waals surface area contributed by atoms with Crippen molar-refractivity contribution in [3.8, 4) is 0 Å². The summed E-state index contributed by atoms with van der Waals surface area (Å²) in [5.41, 5.74) is 10.7. The molecular formula is C41H59N7O8. The van der Waals surface area contributed by atoms with Crippen LogP contribution in [0.5, 0.6) is 0 Å². The summed E-state index contributed by atoms with van der Waals surface area (Å²) >= 11 is 0. The van der Waals surface area contributed by atoms with Crippen LogP contribution in [0.15, 0.2) is 48.5 Å². The zero-order chi connectivity index (χ0) is 42.0. The summed E-state index contributed by atoms with van der Waals surface area (Å²) in [7, 11) is 0. The number of rotatable bonds is 13. The number of hydrogen-bond acceptors (Lipinski definition) is 7. The highest BCUT2D eigenvalue weighted by atomic mass is 16.4. The number of carbonyl (C=O) groups excluding carboxylic acids is 4. The number of carboxylic acid groups (broad SMARTS) is 2. The molecule has 2 aliphatic heterocycles. The number of amides is 6. The van der Waals surface area contributed by atoms with Crippen molar-refractivity contribution in [2.45, 2.75) is 123 Å². The third-order valence-corrected chi connectivity index (χ3v) is 11.2. The van der Waals surface area contributed by atoms with Gasteiger partial charge in [0, 0.05) is 32.2 Å². The summed E-state index contributed by atoms with van der Waals surface area (Å²) in [6.07, 6.45) is -1.000. The van der Waals surface area contributed by atoms with Crippen LogP contribution in [0.2, 0.25) is 0 Å². The Kier molecular flexibility index (Phi) is 12.8. The van der Waals surface area contributed by atoms with Crippen molar-refractivity contribution in [3.05, 3.63) is 70.8 Å². The summed E-state index contributed by atoms with van der Waals surface area (Å²) in [4.78, 5) is 82.6. The van der Waals surface area contributed by atoms with Crippen molar-refractivity contribution in [1.82, 2.24) is 25.3 Å². The SMILES string of the molecule is CC(C)N(Cc1ccc([C@]2(C(N)=O)CCCN2C(=O)[C@@H](NC(=O)O)C(C)(C)C)cc1)Cc1ccc([C@]2(C(N)=O)CCCN2C(=O)[C@@H](NC(=O)O)C(C)(C)C)cc1.